The number of hydrogen-bond donors (Lipinski definition) is 1. The third-order valence-corrected chi connectivity index (χ3v) is 2.45. The molecule has 2 nitrogen and oxygen atoms in total. The third kappa shape index (κ3) is 1.90. The number of ether oxygens (including phenoxy) is 1. The summed E-state index contributed by atoms with van der Waals surface area (Å²) in [6.07, 6.45) is 1.23. The van der Waals surface area contributed by atoms with Gasteiger partial charge in [0, 0.05) is 6.04 Å². The molecule has 0 aliphatic carbocycles. The van der Waals surface area contributed by atoms with Crippen molar-refractivity contribution in [1.29, 1.82) is 0 Å². The Hall–Kier alpha value is -0.860. The standard InChI is InChI=1S/C11H15NO/c1-2-10-8-13-11(12-10)9-6-4-3-5-7-9/h3-7,10-12H,2,8H2,1H3/t10-,11?/m0/s1. The maximum atomic E-state index is 5.63. The summed E-state index contributed by atoms with van der Waals surface area (Å²) in [7, 11) is 0. The van der Waals surface area contributed by atoms with Crippen molar-refractivity contribution in [2.45, 2.75) is 25.6 Å². The normalized spacial score (nSPS) is 27.8. The van der Waals surface area contributed by atoms with Gasteiger partial charge in [0.15, 0.2) is 0 Å². The molecule has 1 N–H and O–H groups in total. The predicted molar refractivity (Wildman–Crippen MR) is 52.3 cm³/mol. The summed E-state index contributed by atoms with van der Waals surface area (Å²) >= 11 is 0. The first kappa shape index (κ1) is 8.73. The van der Waals surface area contributed by atoms with Crippen molar-refractivity contribution in [3.05, 3.63) is 35.9 Å². The van der Waals surface area contributed by atoms with Gasteiger partial charge in [-0.3, -0.25) is 5.32 Å². The highest BCUT2D eigenvalue weighted by atomic mass is 16.5. The largest absolute Gasteiger partial charge is 0.357 e. The van der Waals surface area contributed by atoms with Crippen molar-refractivity contribution < 1.29 is 4.74 Å². The second kappa shape index (κ2) is 3.90. The van der Waals surface area contributed by atoms with Crippen molar-refractivity contribution in [3.63, 3.8) is 0 Å². The Morgan fingerprint density at radius 1 is 1.38 bits per heavy atom. The van der Waals surface area contributed by atoms with E-state index in [2.05, 4.69) is 24.4 Å². The minimum Gasteiger partial charge on any atom is -0.357 e. The molecule has 1 aliphatic rings. The van der Waals surface area contributed by atoms with Crippen LogP contribution in [0.1, 0.15) is 25.1 Å². The highest BCUT2D eigenvalue weighted by molar-refractivity contribution is 5.17. The van der Waals surface area contributed by atoms with Gasteiger partial charge < -0.3 is 4.74 Å². The Kier molecular flexibility index (Phi) is 2.62. The summed E-state index contributed by atoms with van der Waals surface area (Å²) < 4.78 is 5.63. The molecule has 1 heterocycles. The van der Waals surface area contributed by atoms with E-state index in [0.29, 0.717) is 6.04 Å². The molecule has 2 heteroatoms. The molecule has 0 aromatic heterocycles. The Labute approximate surface area is 78.9 Å². The molecular formula is C11H15NO. The highest BCUT2D eigenvalue weighted by Gasteiger charge is 2.23. The lowest BCUT2D eigenvalue weighted by molar-refractivity contribution is 0.101. The van der Waals surface area contributed by atoms with Crippen LogP contribution in [0, 0.1) is 0 Å². The Balaban J connectivity index is 2.04. The van der Waals surface area contributed by atoms with Crippen LogP contribution in [0.3, 0.4) is 0 Å². The molecule has 0 bridgehead atoms. The van der Waals surface area contributed by atoms with Gasteiger partial charge in [0.1, 0.15) is 6.23 Å². The van der Waals surface area contributed by atoms with Gasteiger partial charge in [-0.05, 0) is 12.0 Å². The summed E-state index contributed by atoms with van der Waals surface area (Å²) in [5.41, 5.74) is 1.22. The molecule has 1 aromatic carbocycles. The summed E-state index contributed by atoms with van der Waals surface area (Å²) in [5, 5.41) is 3.43. The van der Waals surface area contributed by atoms with Crippen LogP contribution in [0.4, 0.5) is 0 Å². The van der Waals surface area contributed by atoms with Gasteiger partial charge in [0.25, 0.3) is 0 Å². The minimum atomic E-state index is 0.103. The van der Waals surface area contributed by atoms with Gasteiger partial charge in [0.05, 0.1) is 6.61 Å². The van der Waals surface area contributed by atoms with E-state index in [1.807, 2.05) is 18.2 Å². The summed E-state index contributed by atoms with van der Waals surface area (Å²) in [6.45, 7) is 3.00. The maximum Gasteiger partial charge on any atom is 0.134 e. The van der Waals surface area contributed by atoms with E-state index in [0.717, 1.165) is 13.0 Å². The van der Waals surface area contributed by atoms with E-state index in [4.69, 9.17) is 4.74 Å². The van der Waals surface area contributed by atoms with Gasteiger partial charge in [0.2, 0.25) is 0 Å². The van der Waals surface area contributed by atoms with E-state index < -0.39 is 0 Å². The van der Waals surface area contributed by atoms with Crippen LogP contribution < -0.4 is 5.32 Å². The SMILES string of the molecule is CC[C@H]1COC(c2ccccc2)N1. The van der Waals surface area contributed by atoms with Crippen LogP contribution in [-0.4, -0.2) is 12.6 Å². The van der Waals surface area contributed by atoms with Crippen LogP contribution in [-0.2, 0) is 4.74 Å². The molecule has 1 aliphatic heterocycles. The molecule has 1 aromatic rings. The topological polar surface area (TPSA) is 21.3 Å². The molecule has 13 heavy (non-hydrogen) atoms. The Morgan fingerprint density at radius 3 is 2.77 bits per heavy atom. The third-order valence-electron chi connectivity index (χ3n) is 2.45. The first-order valence-corrected chi connectivity index (χ1v) is 4.82. The van der Waals surface area contributed by atoms with Crippen LogP contribution in [0.5, 0.6) is 0 Å². The lowest BCUT2D eigenvalue weighted by Gasteiger charge is -2.10. The van der Waals surface area contributed by atoms with E-state index in [1.54, 1.807) is 0 Å². The molecule has 0 radical (unpaired) electrons. The van der Waals surface area contributed by atoms with Gasteiger partial charge in [-0.15, -0.1) is 0 Å². The van der Waals surface area contributed by atoms with Crippen molar-refractivity contribution >= 4 is 0 Å². The number of benzene rings is 1. The van der Waals surface area contributed by atoms with Gasteiger partial charge in [-0.25, -0.2) is 0 Å². The maximum absolute atomic E-state index is 5.63. The van der Waals surface area contributed by atoms with E-state index >= 15 is 0 Å². The van der Waals surface area contributed by atoms with Crippen molar-refractivity contribution in [2.24, 2.45) is 0 Å². The van der Waals surface area contributed by atoms with Crippen molar-refractivity contribution in [1.82, 2.24) is 5.32 Å². The Morgan fingerprint density at radius 2 is 2.15 bits per heavy atom. The fourth-order valence-electron chi connectivity index (χ4n) is 1.58. The first-order valence-electron chi connectivity index (χ1n) is 4.82. The zero-order valence-corrected chi connectivity index (χ0v) is 7.86. The molecule has 0 spiro atoms. The van der Waals surface area contributed by atoms with Crippen LogP contribution >= 0.6 is 0 Å². The molecule has 1 unspecified atom stereocenters. The van der Waals surface area contributed by atoms with Crippen LogP contribution in [0.25, 0.3) is 0 Å². The smallest absolute Gasteiger partial charge is 0.134 e. The lowest BCUT2D eigenvalue weighted by Crippen LogP contribution is -2.24. The number of rotatable bonds is 2. The number of nitrogens with one attached hydrogen (secondary N) is 1. The molecule has 0 saturated carbocycles. The number of hydrogen-bond acceptors (Lipinski definition) is 2. The molecule has 1 saturated heterocycles. The highest BCUT2D eigenvalue weighted by Crippen LogP contribution is 2.20. The van der Waals surface area contributed by atoms with E-state index in [1.165, 1.54) is 5.56 Å². The van der Waals surface area contributed by atoms with Crippen LogP contribution in [0.15, 0.2) is 30.3 Å². The second-order valence-corrected chi connectivity index (χ2v) is 3.40. The minimum absolute atomic E-state index is 0.103. The quantitative estimate of drug-likeness (QED) is 0.746. The fourth-order valence-corrected chi connectivity index (χ4v) is 1.58. The molecule has 1 fully saturated rings. The Bertz CT molecular complexity index is 260. The van der Waals surface area contributed by atoms with Gasteiger partial charge >= 0.3 is 0 Å². The van der Waals surface area contributed by atoms with E-state index in [9.17, 15) is 0 Å². The van der Waals surface area contributed by atoms with Gasteiger partial charge in [-0.2, -0.15) is 0 Å². The van der Waals surface area contributed by atoms with Crippen LogP contribution in [0.2, 0.25) is 0 Å². The molecule has 2 atom stereocenters. The van der Waals surface area contributed by atoms with Crippen molar-refractivity contribution in [3.8, 4) is 0 Å². The molecular weight excluding hydrogens is 162 g/mol. The monoisotopic (exact) mass is 177 g/mol. The molecule has 70 valence electrons. The fraction of sp³-hybridized carbons (Fsp3) is 0.455. The first-order chi connectivity index (χ1) is 6.40. The van der Waals surface area contributed by atoms with E-state index in [-0.39, 0.29) is 6.23 Å². The zero-order valence-electron chi connectivity index (χ0n) is 7.86. The lowest BCUT2D eigenvalue weighted by atomic mass is 10.2. The zero-order chi connectivity index (χ0) is 9.10. The summed E-state index contributed by atoms with van der Waals surface area (Å²) in [4.78, 5) is 0. The summed E-state index contributed by atoms with van der Waals surface area (Å²) in [5.74, 6) is 0. The molecule has 2 rings (SSSR count). The van der Waals surface area contributed by atoms with Crippen molar-refractivity contribution in [2.75, 3.05) is 6.61 Å². The van der Waals surface area contributed by atoms with Gasteiger partial charge in [-0.1, -0.05) is 37.3 Å². The average molecular weight is 177 g/mol. The second-order valence-electron chi connectivity index (χ2n) is 3.40. The predicted octanol–water partition coefficient (Wildman–Crippen LogP) is 2.08. The molecule has 0 amide bonds. The average Bonchev–Trinajstić information content (AvgIpc) is 2.67. The summed E-state index contributed by atoms with van der Waals surface area (Å²) in [6, 6.07) is 10.8.